The Kier molecular flexibility index (Phi) is 13.0. The molecule has 1 saturated carbocycles. The van der Waals surface area contributed by atoms with E-state index in [1.54, 1.807) is 13.1 Å². The van der Waals surface area contributed by atoms with Crippen molar-refractivity contribution < 1.29 is 24.2 Å². The van der Waals surface area contributed by atoms with Crippen LogP contribution in [0.15, 0.2) is 35.9 Å². The van der Waals surface area contributed by atoms with Gasteiger partial charge in [0.1, 0.15) is 11.9 Å². The number of halogens is 1. The number of aliphatic hydroxyl groups is 1. The highest BCUT2D eigenvalue weighted by atomic mass is 35.5. The molecule has 1 aliphatic rings. The lowest BCUT2D eigenvalue weighted by Crippen LogP contribution is -2.28. The fraction of sp³-hybridized carbons (Fsp3) is 0.630. The number of likely N-dealkylation sites (N-methyl/N-ethyl adjacent to an activating group) is 1. The molecule has 1 amide bonds. The van der Waals surface area contributed by atoms with Crippen molar-refractivity contribution in [2.24, 2.45) is 11.8 Å². The minimum absolute atomic E-state index is 0.0174. The Morgan fingerprint density at radius 3 is 2.63 bits per heavy atom. The topological polar surface area (TPSA) is 88.1 Å². The number of amides is 1. The zero-order valence-corrected chi connectivity index (χ0v) is 22.1. The second-order valence-electron chi connectivity index (χ2n) is 9.30. The quantitative estimate of drug-likeness (QED) is 0.208. The van der Waals surface area contributed by atoms with Gasteiger partial charge in [-0.15, -0.1) is 11.6 Å². The van der Waals surface area contributed by atoms with Crippen LogP contribution in [0.5, 0.6) is 5.75 Å². The van der Waals surface area contributed by atoms with Crippen LogP contribution in [0, 0.1) is 11.8 Å². The SMILES string of the molecule is CNC(=O)/C=C(\C)CC[C@H](C)[C@@H]1CC[C@H](OC(=O)CCOc2ccc(N(CCO)CCCl)cc2)C1. The molecule has 196 valence electrons. The molecule has 0 bridgehead atoms. The third-order valence-corrected chi connectivity index (χ3v) is 6.82. The van der Waals surface area contributed by atoms with Crippen molar-refractivity contribution in [3.05, 3.63) is 35.9 Å². The average molecular weight is 509 g/mol. The van der Waals surface area contributed by atoms with Gasteiger partial charge in [0, 0.05) is 37.8 Å². The number of hydrogen-bond donors (Lipinski definition) is 2. The molecule has 0 heterocycles. The smallest absolute Gasteiger partial charge is 0.309 e. The van der Waals surface area contributed by atoms with Crippen LogP contribution >= 0.6 is 11.6 Å². The summed E-state index contributed by atoms with van der Waals surface area (Å²) in [5, 5.41) is 11.8. The molecule has 1 aromatic rings. The first-order valence-electron chi connectivity index (χ1n) is 12.6. The number of carbonyl (C=O) groups excluding carboxylic acids is 2. The van der Waals surface area contributed by atoms with E-state index in [0.29, 0.717) is 36.6 Å². The molecule has 8 heteroatoms. The van der Waals surface area contributed by atoms with Gasteiger partial charge in [0.15, 0.2) is 0 Å². The molecule has 0 saturated heterocycles. The number of esters is 1. The maximum Gasteiger partial charge on any atom is 0.309 e. The van der Waals surface area contributed by atoms with Crippen molar-refractivity contribution >= 4 is 29.2 Å². The van der Waals surface area contributed by atoms with Crippen molar-refractivity contribution in [1.29, 1.82) is 0 Å². The highest BCUT2D eigenvalue weighted by molar-refractivity contribution is 6.18. The van der Waals surface area contributed by atoms with Gasteiger partial charge in [-0.05, 0) is 75.1 Å². The Morgan fingerprint density at radius 2 is 1.97 bits per heavy atom. The molecule has 35 heavy (non-hydrogen) atoms. The maximum absolute atomic E-state index is 12.3. The van der Waals surface area contributed by atoms with Gasteiger partial charge in [-0.25, -0.2) is 0 Å². The fourth-order valence-corrected chi connectivity index (χ4v) is 4.70. The minimum atomic E-state index is -0.222. The number of allylic oxidation sites excluding steroid dienone is 1. The number of anilines is 1. The third-order valence-electron chi connectivity index (χ3n) is 6.65. The van der Waals surface area contributed by atoms with Crippen LogP contribution in [0.3, 0.4) is 0 Å². The molecule has 1 aromatic carbocycles. The van der Waals surface area contributed by atoms with E-state index in [9.17, 15) is 14.7 Å². The summed E-state index contributed by atoms with van der Waals surface area (Å²) in [4.78, 5) is 25.8. The van der Waals surface area contributed by atoms with Crippen LogP contribution in [-0.4, -0.2) is 62.3 Å². The van der Waals surface area contributed by atoms with Crippen molar-refractivity contribution in [3.63, 3.8) is 0 Å². The van der Waals surface area contributed by atoms with Crippen molar-refractivity contribution in [1.82, 2.24) is 5.32 Å². The Labute approximate surface area is 214 Å². The Morgan fingerprint density at radius 1 is 1.23 bits per heavy atom. The van der Waals surface area contributed by atoms with E-state index in [2.05, 4.69) is 12.2 Å². The lowest BCUT2D eigenvalue weighted by Gasteiger charge is -2.23. The highest BCUT2D eigenvalue weighted by Crippen LogP contribution is 2.36. The van der Waals surface area contributed by atoms with E-state index in [1.807, 2.05) is 36.1 Å². The first-order chi connectivity index (χ1) is 16.9. The number of benzene rings is 1. The molecular formula is C27H41ClN2O5. The van der Waals surface area contributed by atoms with Crippen LogP contribution in [0.4, 0.5) is 5.69 Å². The predicted molar refractivity (Wildman–Crippen MR) is 140 cm³/mol. The molecule has 0 spiro atoms. The largest absolute Gasteiger partial charge is 0.493 e. The van der Waals surface area contributed by atoms with E-state index in [-0.39, 0.29) is 37.6 Å². The first-order valence-corrected chi connectivity index (χ1v) is 13.1. The second-order valence-corrected chi connectivity index (χ2v) is 9.68. The molecule has 2 N–H and O–H groups in total. The molecule has 1 aliphatic carbocycles. The van der Waals surface area contributed by atoms with Gasteiger partial charge in [0.05, 0.1) is 19.6 Å². The summed E-state index contributed by atoms with van der Waals surface area (Å²) in [5.74, 6) is 1.95. The van der Waals surface area contributed by atoms with Crippen molar-refractivity contribution in [2.45, 2.75) is 58.5 Å². The fourth-order valence-electron chi connectivity index (χ4n) is 4.50. The van der Waals surface area contributed by atoms with Gasteiger partial charge in [0.2, 0.25) is 5.91 Å². The number of nitrogens with zero attached hydrogens (tertiary/aromatic N) is 1. The van der Waals surface area contributed by atoms with E-state index in [1.165, 1.54) is 0 Å². The summed E-state index contributed by atoms with van der Waals surface area (Å²) in [5.41, 5.74) is 2.05. The second kappa shape index (κ2) is 15.7. The molecule has 1 fully saturated rings. The normalized spacial score (nSPS) is 18.7. The highest BCUT2D eigenvalue weighted by Gasteiger charge is 2.30. The van der Waals surface area contributed by atoms with Gasteiger partial charge in [-0.2, -0.15) is 0 Å². The van der Waals surface area contributed by atoms with Gasteiger partial charge < -0.3 is 24.8 Å². The predicted octanol–water partition coefficient (Wildman–Crippen LogP) is 4.31. The molecule has 0 aliphatic heterocycles. The molecular weight excluding hydrogens is 468 g/mol. The first kappa shape index (κ1) is 29.0. The number of carbonyl (C=O) groups is 2. The maximum atomic E-state index is 12.3. The van der Waals surface area contributed by atoms with Crippen LogP contribution in [-0.2, 0) is 14.3 Å². The summed E-state index contributed by atoms with van der Waals surface area (Å²) in [7, 11) is 1.64. The Balaban J connectivity index is 1.68. The summed E-state index contributed by atoms with van der Waals surface area (Å²) >= 11 is 5.83. The number of nitrogens with one attached hydrogen (secondary N) is 1. The summed E-state index contributed by atoms with van der Waals surface area (Å²) in [6.07, 6.45) is 6.66. The number of aliphatic hydroxyl groups excluding tert-OH is 1. The van der Waals surface area contributed by atoms with Gasteiger partial charge >= 0.3 is 5.97 Å². The van der Waals surface area contributed by atoms with E-state index >= 15 is 0 Å². The summed E-state index contributed by atoms with van der Waals surface area (Å²) < 4.78 is 11.4. The minimum Gasteiger partial charge on any atom is -0.493 e. The van der Waals surface area contributed by atoms with E-state index in [4.69, 9.17) is 21.1 Å². The lowest BCUT2D eigenvalue weighted by atomic mass is 9.87. The van der Waals surface area contributed by atoms with Gasteiger partial charge in [0.25, 0.3) is 0 Å². The standard InChI is InChI=1S/C27H41ClN2O5/c1-20(18-26(32)29-3)4-5-21(2)22-6-9-25(19-22)35-27(33)12-17-34-24-10-7-23(8-11-24)30(14-13-28)15-16-31/h7-8,10-11,18,21-22,25,31H,4-6,9,12-17,19H2,1-3H3,(H,29,32)/b20-18+/t21-,22+,25-/m0/s1. The zero-order valence-electron chi connectivity index (χ0n) is 21.3. The Hall–Kier alpha value is -2.25. The molecule has 7 nitrogen and oxygen atoms in total. The number of alkyl halides is 1. The summed E-state index contributed by atoms with van der Waals surface area (Å²) in [6, 6.07) is 7.55. The Bertz CT molecular complexity index is 808. The molecule has 0 radical (unpaired) electrons. The van der Waals surface area contributed by atoms with Crippen molar-refractivity contribution in [3.8, 4) is 5.75 Å². The van der Waals surface area contributed by atoms with E-state index in [0.717, 1.165) is 43.4 Å². The van der Waals surface area contributed by atoms with Gasteiger partial charge in [-0.3, -0.25) is 9.59 Å². The van der Waals surface area contributed by atoms with Crippen molar-refractivity contribution in [2.75, 3.05) is 44.1 Å². The number of rotatable bonds is 15. The van der Waals surface area contributed by atoms with Crippen LogP contribution in [0.1, 0.15) is 52.4 Å². The monoisotopic (exact) mass is 508 g/mol. The van der Waals surface area contributed by atoms with E-state index < -0.39 is 0 Å². The zero-order chi connectivity index (χ0) is 25.6. The molecule has 0 aromatic heterocycles. The third kappa shape index (κ3) is 10.5. The van der Waals surface area contributed by atoms with Crippen LogP contribution < -0.4 is 15.0 Å². The molecule has 3 atom stereocenters. The molecule has 2 rings (SSSR count). The molecule has 0 unspecified atom stereocenters. The van der Waals surface area contributed by atoms with Gasteiger partial charge in [-0.1, -0.05) is 12.5 Å². The number of ether oxygens (including phenoxy) is 2. The average Bonchev–Trinajstić information content (AvgIpc) is 3.31. The van der Waals surface area contributed by atoms with Crippen LogP contribution in [0.25, 0.3) is 0 Å². The number of hydrogen-bond acceptors (Lipinski definition) is 6. The summed E-state index contributed by atoms with van der Waals surface area (Å²) in [6.45, 7) is 5.75. The lowest BCUT2D eigenvalue weighted by molar-refractivity contribution is -0.149. The van der Waals surface area contributed by atoms with Crippen LogP contribution in [0.2, 0.25) is 0 Å².